The number of hydrogen-bond donors (Lipinski definition) is 2. The molecule has 13 heavy (non-hydrogen) atoms. The van der Waals surface area contributed by atoms with E-state index in [1.165, 1.54) is 12.0 Å². The van der Waals surface area contributed by atoms with E-state index in [1.54, 1.807) is 12.1 Å². The molecule has 1 aliphatic rings. The van der Waals surface area contributed by atoms with Gasteiger partial charge in [0.1, 0.15) is 5.75 Å². The summed E-state index contributed by atoms with van der Waals surface area (Å²) in [5, 5.41) is 9.09. The average Bonchev–Trinajstić information content (AvgIpc) is 2.06. The van der Waals surface area contributed by atoms with Gasteiger partial charge in [-0.2, -0.15) is 0 Å². The third-order valence-electron chi connectivity index (χ3n) is 2.84. The molecular weight excluding hydrogens is 162 g/mol. The number of hydrogen-bond acceptors (Lipinski definition) is 2. The molecule has 1 fully saturated rings. The first-order chi connectivity index (χ1) is 6.18. The van der Waals surface area contributed by atoms with Crippen LogP contribution in [0.1, 0.15) is 24.8 Å². The molecule has 1 aliphatic carbocycles. The van der Waals surface area contributed by atoms with Crippen LogP contribution in [0, 0.1) is 0 Å². The molecule has 0 radical (unpaired) electrons. The fourth-order valence-corrected chi connectivity index (χ4v) is 1.83. The zero-order chi connectivity index (χ0) is 9.31. The molecule has 0 bridgehead atoms. The normalized spacial score (nSPS) is 19.5. The highest BCUT2D eigenvalue weighted by atomic mass is 16.3. The van der Waals surface area contributed by atoms with Crippen LogP contribution in [0.3, 0.4) is 0 Å². The summed E-state index contributed by atoms with van der Waals surface area (Å²) in [7, 11) is 0. The lowest BCUT2D eigenvalue weighted by Gasteiger charge is -2.38. The van der Waals surface area contributed by atoms with E-state index in [0.717, 1.165) is 19.3 Å². The van der Waals surface area contributed by atoms with E-state index in [9.17, 15) is 0 Å². The van der Waals surface area contributed by atoms with E-state index in [2.05, 4.69) is 0 Å². The van der Waals surface area contributed by atoms with Crippen LogP contribution >= 0.6 is 0 Å². The second-order valence-electron chi connectivity index (χ2n) is 4.06. The maximum absolute atomic E-state index is 9.09. The van der Waals surface area contributed by atoms with E-state index < -0.39 is 0 Å². The monoisotopic (exact) mass is 177 g/mol. The highest BCUT2D eigenvalue weighted by Gasteiger charge is 2.32. The summed E-state index contributed by atoms with van der Waals surface area (Å²) in [5.74, 6) is 0.323. The van der Waals surface area contributed by atoms with E-state index in [-0.39, 0.29) is 5.54 Å². The van der Waals surface area contributed by atoms with E-state index in [4.69, 9.17) is 10.8 Å². The molecule has 0 heterocycles. The number of phenolic OH excluding ortho intramolecular Hbond substituents is 1. The van der Waals surface area contributed by atoms with Crippen molar-refractivity contribution in [1.29, 1.82) is 0 Å². The van der Waals surface area contributed by atoms with Gasteiger partial charge in [0, 0.05) is 5.54 Å². The Bertz CT molecular complexity index is 287. The molecule has 0 saturated heterocycles. The van der Waals surface area contributed by atoms with Gasteiger partial charge in [0.25, 0.3) is 0 Å². The quantitative estimate of drug-likeness (QED) is 0.723. The lowest BCUT2D eigenvalue weighted by molar-refractivity contribution is 0.247. The Morgan fingerprint density at radius 1 is 1.23 bits per heavy atom. The highest BCUT2D eigenvalue weighted by Crippen LogP contribution is 2.32. The summed E-state index contributed by atoms with van der Waals surface area (Å²) in [4.78, 5) is 0. The maximum Gasteiger partial charge on any atom is 0.115 e. The van der Waals surface area contributed by atoms with Gasteiger partial charge < -0.3 is 10.8 Å². The second kappa shape index (κ2) is 3.04. The van der Waals surface area contributed by atoms with Gasteiger partial charge in [0.05, 0.1) is 0 Å². The van der Waals surface area contributed by atoms with Gasteiger partial charge in [-0.25, -0.2) is 0 Å². The summed E-state index contributed by atoms with van der Waals surface area (Å²) >= 11 is 0. The van der Waals surface area contributed by atoms with Gasteiger partial charge in [0.15, 0.2) is 0 Å². The summed E-state index contributed by atoms with van der Waals surface area (Å²) in [6.07, 6.45) is 4.46. The molecule has 0 atom stereocenters. The van der Waals surface area contributed by atoms with Crippen molar-refractivity contribution in [2.24, 2.45) is 5.73 Å². The summed E-state index contributed by atoms with van der Waals surface area (Å²) < 4.78 is 0. The van der Waals surface area contributed by atoms with Gasteiger partial charge in [0.2, 0.25) is 0 Å². The molecule has 1 saturated carbocycles. The van der Waals surface area contributed by atoms with Gasteiger partial charge in [-0.05, 0) is 43.4 Å². The molecule has 1 aromatic rings. The summed E-state index contributed by atoms with van der Waals surface area (Å²) in [5.41, 5.74) is 7.37. The fraction of sp³-hybridized carbons (Fsp3) is 0.455. The van der Waals surface area contributed by atoms with Crippen LogP contribution in [-0.2, 0) is 6.42 Å². The van der Waals surface area contributed by atoms with Crippen molar-refractivity contribution < 1.29 is 5.11 Å². The number of aromatic hydroxyl groups is 1. The number of rotatable bonds is 2. The van der Waals surface area contributed by atoms with Crippen molar-refractivity contribution in [2.75, 3.05) is 0 Å². The van der Waals surface area contributed by atoms with Crippen molar-refractivity contribution >= 4 is 0 Å². The minimum atomic E-state index is 0.0387. The van der Waals surface area contributed by atoms with Crippen LogP contribution in [0.2, 0.25) is 0 Å². The van der Waals surface area contributed by atoms with Gasteiger partial charge >= 0.3 is 0 Å². The van der Waals surface area contributed by atoms with E-state index in [1.807, 2.05) is 12.1 Å². The Hall–Kier alpha value is -1.02. The van der Waals surface area contributed by atoms with E-state index in [0.29, 0.717) is 5.75 Å². The molecule has 2 rings (SSSR count). The minimum absolute atomic E-state index is 0.0387. The Labute approximate surface area is 78.4 Å². The topological polar surface area (TPSA) is 46.2 Å². The Balaban J connectivity index is 2.05. The third kappa shape index (κ3) is 1.83. The molecule has 0 aromatic heterocycles. The summed E-state index contributed by atoms with van der Waals surface area (Å²) in [6.45, 7) is 0. The van der Waals surface area contributed by atoms with E-state index >= 15 is 0 Å². The first-order valence-corrected chi connectivity index (χ1v) is 4.75. The third-order valence-corrected chi connectivity index (χ3v) is 2.84. The molecule has 0 aliphatic heterocycles. The van der Waals surface area contributed by atoms with Crippen LogP contribution in [-0.4, -0.2) is 10.6 Å². The van der Waals surface area contributed by atoms with Crippen LogP contribution in [0.25, 0.3) is 0 Å². The number of phenols is 1. The zero-order valence-electron chi connectivity index (χ0n) is 7.66. The maximum atomic E-state index is 9.09. The predicted molar refractivity (Wildman–Crippen MR) is 52.6 cm³/mol. The molecule has 1 aromatic carbocycles. The molecule has 3 N–H and O–H groups in total. The van der Waals surface area contributed by atoms with Gasteiger partial charge in [-0.3, -0.25) is 0 Å². The van der Waals surface area contributed by atoms with Crippen molar-refractivity contribution in [1.82, 2.24) is 0 Å². The standard InChI is InChI=1S/C11H15NO/c12-11(6-1-7-11)8-9-2-4-10(13)5-3-9/h2-5,13H,1,6-8,12H2. The van der Waals surface area contributed by atoms with Gasteiger partial charge in [-0.1, -0.05) is 12.1 Å². The molecule has 2 nitrogen and oxygen atoms in total. The van der Waals surface area contributed by atoms with Crippen molar-refractivity contribution in [2.45, 2.75) is 31.2 Å². The van der Waals surface area contributed by atoms with Gasteiger partial charge in [-0.15, -0.1) is 0 Å². The lowest BCUT2D eigenvalue weighted by atomic mass is 9.74. The SMILES string of the molecule is NC1(Cc2ccc(O)cc2)CCC1. The van der Waals surface area contributed by atoms with Crippen molar-refractivity contribution in [3.63, 3.8) is 0 Å². The summed E-state index contributed by atoms with van der Waals surface area (Å²) in [6, 6.07) is 7.33. The van der Waals surface area contributed by atoms with Crippen LogP contribution in [0.15, 0.2) is 24.3 Å². The molecule has 0 spiro atoms. The molecule has 2 heteroatoms. The Morgan fingerprint density at radius 2 is 1.85 bits per heavy atom. The van der Waals surface area contributed by atoms with Crippen molar-refractivity contribution in [3.05, 3.63) is 29.8 Å². The van der Waals surface area contributed by atoms with Crippen molar-refractivity contribution in [3.8, 4) is 5.75 Å². The predicted octanol–water partition coefficient (Wildman–Crippen LogP) is 1.82. The molecule has 70 valence electrons. The number of benzene rings is 1. The average molecular weight is 177 g/mol. The number of nitrogens with two attached hydrogens (primary N) is 1. The van der Waals surface area contributed by atoms with Crippen LogP contribution in [0.5, 0.6) is 5.75 Å². The minimum Gasteiger partial charge on any atom is -0.508 e. The highest BCUT2D eigenvalue weighted by molar-refractivity contribution is 5.27. The first kappa shape index (κ1) is 8.57. The molecular formula is C11H15NO. The van der Waals surface area contributed by atoms with Crippen LogP contribution < -0.4 is 5.73 Å². The lowest BCUT2D eigenvalue weighted by Crippen LogP contribution is -2.48. The Morgan fingerprint density at radius 3 is 2.31 bits per heavy atom. The smallest absolute Gasteiger partial charge is 0.115 e. The van der Waals surface area contributed by atoms with Crippen LogP contribution in [0.4, 0.5) is 0 Å². The fourth-order valence-electron chi connectivity index (χ4n) is 1.83. The first-order valence-electron chi connectivity index (χ1n) is 4.75. The molecule has 0 unspecified atom stereocenters. The zero-order valence-corrected chi connectivity index (χ0v) is 7.66. The Kier molecular flexibility index (Phi) is 2.00. The molecule has 0 amide bonds. The second-order valence-corrected chi connectivity index (χ2v) is 4.06. The largest absolute Gasteiger partial charge is 0.508 e.